The molecule has 0 atom stereocenters. The molecule has 0 aromatic heterocycles. The van der Waals surface area contributed by atoms with Crippen LogP contribution in [0.25, 0.3) is 0 Å². The summed E-state index contributed by atoms with van der Waals surface area (Å²) in [7, 11) is 4.18. The van der Waals surface area contributed by atoms with Crippen molar-refractivity contribution in [2.75, 3.05) is 53.4 Å². The summed E-state index contributed by atoms with van der Waals surface area (Å²) in [5.74, 6) is 0.856. The van der Waals surface area contributed by atoms with E-state index in [4.69, 9.17) is 0 Å². The first-order valence-corrected chi connectivity index (χ1v) is 11.0. The van der Waals surface area contributed by atoms with Gasteiger partial charge in [0.25, 0.3) is 0 Å². The molecule has 0 spiro atoms. The Labute approximate surface area is 164 Å². The SMILES string of the molecule is CCC(=O)N1CCC(N2CCC(C(=O)N(C)C3CCN(C)CC3)CC2)CC1. The number of nitrogens with zero attached hydrogens (tertiary/aromatic N) is 4. The Kier molecular flexibility index (Phi) is 7.15. The Morgan fingerprint density at radius 2 is 1.48 bits per heavy atom. The van der Waals surface area contributed by atoms with Crippen molar-refractivity contribution in [1.29, 1.82) is 0 Å². The van der Waals surface area contributed by atoms with Crippen molar-refractivity contribution in [2.24, 2.45) is 5.92 Å². The highest BCUT2D eigenvalue weighted by molar-refractivity contribution is 5.79. The number of hydrogen-bond donors (Lipinski definition) is 0. The van der Waals surface area contributed by atoms with Crippen LogP contribution in [0.1, 0.15) is 51.9 Å². The minimum absolute atomic E-state index is 0.202. The van der Waals surface area contributed by atoms with Gasteiger partial charge in [-0.1, -0.05) is 6.92 Å². The van der Waals surface area contributed by atoms with Gasteiger partial charge in [0.15, 0.2) is 0 Å². The van der Waals surface area contributed by atoms with Gasteiger partial charge in [0.05, 0.1) is 0 Å². The molecule has 3 fully saturated rings. The maximum atomic E-state index is 13.0. The first kappa shape index (κ1) is 20.6. The Hall–Kier alpha value is -1.14. The number of carbonyl (C=O) groups is 2. The lowest BCUT2D eigenvalue weighted by Crippen LogP contribution is -2.51. The Bertz CT molecular complexity index is 502. The molecule has 0 bridgehead atoms. The summed E-state index contributed by atoms with van der Waals surface area (Å²) in [5.41, 5.74) is 0. The lowest BCUT2D eigenvalue weighted by Gasteiger charge is -2.43. The Balaban J connectivity index is 1.42. The van der Waals surface area contributed by atoms with Crippen molar-refractivity contribution in [3.63, 3.8) is 0 Å². The van der Waals surface area contributed by atoms with Crippen molar-refractivity contribution in [3.05, 3.63) is 0 Å². The normalized spacial score (nSPS) is 24.9. The highest BCUT2D eigenvalue weighted by atomic mass is 16.2. The van der Waals surface area contributed by atoms with Gasteiger partial charge in [0.2, 0.25) is 11.8 Å². The predicted octanol–water partition coefficient (Wildman–Crippen LogP) is 1.65. The molecular formula is C21H38N4O2. The maximum Gasteiger partial charge on any atom is 0.225 e. The molecule has 0 aromatic rings. The fourth-order valence-corrected chi connectivity index (χ4v) is 5.07. The number of hydrogen-bond acceptors (Lipinski definition) is 4. The lowest BCUT2D eigenvalue weighted by atomic mass is 9.91. The highest BCUT2D eigenvalue weighted by Crippen LogP contribution is 2.26. The van der Waals surface area contributed by atoms with Crippen molar-refractivity contribution < 1.29 is 9.59 Å². The second-order valence-corrected chi connectivity index (χ2v) is 8.76. The van der Waals surface area contributed by atoms with Gasteiger partial charge in [-0.3, -0.25) is 9.59 Å². The van der Waals surface area contributed by atoms with E-state index in [-0.39, 0.29) is 11.8 Å². The first-order chi connectivity index (χ1) is 13.0. The van der Waals surface area contributed by atoms with Crippen molar-refractivity contribution in [1.82, 2.24) is 19.6 Å². The van der Waals surface area contributed by atoms with E-state index in [1.54, 1.807) is 0 Å². The minimum atomic E-state index is 0.202. The third-order valence-electron chi connectivity index (χ3n) is 7.10. The van der Waals surface area contributed by atoms with E-state index in [1.165, 1.54) is 0 Å². The van der Waals surface area contributed by atoms with Crippen LogP contribution in [0.3, 0.4) is 0 Å². The van der Waals surface area contributed by atoms with E-state index in [9.17, 15) is 9.59 Å². The van der Waals surface area contributed by atoms with Gasteiger partial charge in [-0.05, 0) is 71.8 Å². The highest BCUT2D eigenvalue weighted by Gasteiger charge is 2.34. The van der Waals surface area contributed by atoms with E-state index in [0.717, 1.165) is 77.8 Å². The van der Waals surface area contributed by atoms with Crippen LogP contribution in [0.5, 0.6) is 0 Å². The molecule has 0 aromatic carbocycles. The summed E-state index contributed by atoms with van der Waals surface area (Å²) < 4.78 is 0. The fourth-order valence-electron chi connectivity index (χ4n) is 5.07. The quantitative estimate of drug-likeness (QED) is 0.746. The number of amides is 2. The van der Waals surface area contributed by atoms with Crippen LogP contribution < -0.4 is 0 Å². The maximum absolute atomic E-state index is 13.0. The second-order valence-electron chi connectivity index (χ2n) is 8.76. The minimum Gasteiger partial charge on any atom is -0.343 e. The summed E-state index contributed by atoms with van der Waals surface area (Å²) in [6.07, 6.45) is 6.97. The predicted molar refractivity (Wildman–Crippen MR) is 107 cm³/mol. The zero-order chi connectivity index (χ0) is 19.4. The average molecular weight is 379 g/mol. The third kappa shape index (κ3) is 5.02. The number of piperidine rings is 3. The van der Waals surface area contributed by atoms with Crippen LogP contribution in [0.15, 0.2) is 0 Å². The molecular weight excluding hydrogens is 340 g/mol. The van der Waals surface area contributed by atoms with E-state index in [2.05, 4.69) is 21.7 Å². The molecule has 154 valence electrons. The van der Waals surface area contributed by atoms with Crippen LogP contribution in [-0.2, 0) is 9.59 Å². The van der Waals surface area contributed by atoms with Crippen molar-refractivity contribution in [2.45, 2.75) is 64.0 Å². The Morgan fingerprint density at radius 3 is 2.04 bits per heavy atom. The van der Waals surface area contributed by atoms with Crippen molar-refractivity contribution in [3.8, 4) is 0 Å². The topological polar surface area (TPSA) is 47.1 Å². The van der Waals surface area contributed by atoms with Crippen LogP contribution >= 0.6 is 0 Å². The molecule has 0 radical (unpaired) electrons. The van der Waals surface area contributed by atoms with Crippen LogP contribution in [0.4, 0.5) is 0 Å². The molecule has 27 heavy (non-hydrogen) atoms. The molecule has 3 saturated heterocycles. The van der Waals surface area contributed by atoms with Gasteiger partial charge >= 0.3 is 0 Å². The molecule has 0 unspecified atom stereocenters. The Morgan fingerprint density at radius 1 is 0.889 bits per heavy atom. The van der Waals surface area contributed by atoms with E-state index < -0.39 is 0 Å². The summed E-state index contributed by atoms with van der Waals surface area (Å²) in [6, 6.07) is 1.01. The summed E-state index contributed by atoms with van der Waals surface area (Å²) in [6.45, 7) is 8.00. The summed E-state index contributed by atoms with van der Waals surface area (Å²) >= 11 is 0. The van der Waals surface area contributed by atoms with Crippen molar-refractivity contribution >= 4 is 11.8 Å². The average Bonchev–Trinajstić information content (AvgIpc) is 2.73. The molecule has 3 heterocycles. The molecule has 0 saturated carbocycles. The number of rotatable bonds is 4. The smallest absolute Gasteiger partial charge is 0.225 e. The zero-order valence-corrected chi connectivity index (χ0v) is 17.5. The molecule has 2 amide bonds. The lowest BCUT2D eigenvalue weighted by molar-refractivity contribution is -0.139. The standard InChI is InChI=1S/C21H38N4O2/c1-4-20(26)25-15-9-19(10-16-25)24-13-5-17(6-14-24)21(27)23(3)18-7-11-22(2)12-8-18/h17-19H,4-16H2,1-3H3. The molecule has 3 rings (SSSR count). The van der Waals surface area contributed by atoms with Gasteiger partial charge in [-0.15, -0.1) is 0 Å². The van der Waals surface area contributed by atoms with Gasteiger partial charge in [0, 0.05) is 44.6 Å². The summed E-state index contributed by atoms with van der Waals surface area (Å²) in [4.78, 5) is 33.8. The second kappa shape index (κ2) is 9.37. The van der Waals surface area contributed by atoms with Gasteiger partial charge < -0.3 is 19.6 Å². The molecule has 0 N–H and O–H groups in total. The molecule has 6 heteroatoms. The van der Waals surface area contributed by atoms with E-state index in [0.29, 0.717) is 24.4 Å². The van der Waals surface area contributed by atoms with E-state index in [1.807, 2.05) is 18.9 Å². The molecule has 0 aliphatic carbocycles. The molecule has 6 nitrogen and oxygen atoms in total. The van der Waals surface area contributed by atoms with Gasteiger partial charge in [0.1, 0.15) is 0 Å². The monoisotopic (exact) mass is 378 g/mol. The zero-order valence-electron chi connectivity index (χ0n) is 17.5. The van der Waals surface area contributed by atoms with Gasteiger partial charge in [-0.25, -0.2) is 0 Å². The number of carbonyl (C=O) groups excluding carboxylic acids is 2. The van der Waals surface area contributed by atoms with Crippen LogP contribution in [0.2, 0.25) is 0 Å². The third-order valence-corrected chi connectivity index (χ3v) is 7.10. The van der Waals surface area contributed by atoms with Gasteiger partial charge in [-0.2, -0.15) is 0 Å². The molecule has 3 aliphatic rings. The van der Waals surface area contributed by atoms with Crippen LogP contribution in [0, 0.1) is 5.92 Å². The first-order valence-electron chi connectivity index (χ1n) is 11.0. The van der Waals surface area contributed by atoms with E-state index >= 15 is 0 Å². The number of likely N-dealkylation sites (tertiary alicyclic amines) is 3. The fraction of sp³-hybridized carbons (Fsp3) is 0.905. The summed E-state index contributed by atoms with van der Waals surface area (Å²) in [5, 5.41) is 0. The molecule has 3 aliphatic heterocycles. The van der Waals surface area contributed by atoms with Crippen LogP contribution in [-0.4, -0.2) is 96.9 Å². The largest absolute Gasteiger partial charge is 0.343 e.